The van der Waals surface area contributed by atoms with Crippen LogP contribution in [0.15, 0.2) is 66.7 Å². The molecule has 1 fully saturated rings. The number of nitrogens with zero attached hydrogens (tertiary/aromatic N) is 2. The van der Waals surface area contributed by atoms with Crippen LogP contribution in [-0.2, 0) is 6.18 Å². The summed E-state index contributed by atoms with van der Waals surface area (Å²) in [6, 6.07) is 16.7. The van der Waals surface area contributed by atoms with Gasteiger partial charge < -0.3 is 19.3 Å². The van der Waals surface area contributed by atoms with Crippen LogP contribution in [-0.4, -0.2) is 61.0 Å². The normalized spacial score (nSPS) is 17.2. The minimum absolute atomic E-state index is 0.00740. The van der Waals surface area contributed by atoms with Crippen molar-refractivity contribution in [3.63, 3.8) is 0 Å². The minimum Gasteiger partial charge on any atom is -0.496 e. The van der Waals surface area contributed by atoms with Crippen LogP contribution in [0.4, 0.5) is 13.2 Å². The van der Waals surface area contributed by atoms with Gasteiger partial charge in [0.15, 0.2) is 0 Å². The zero-order valence-corrected chi connectivity index (χ0v) is 23.3. The fourth-order valence-electron chi connectivity index (χ4n) is 4.93. The van der Waals surface area contributed by atoms with Gasteiger partial charge in [0.05, 0.1) is 24.8 Å². The number of alkyl halides is 3. The van der Waals surface area contributed by atoms with E-state index in [1.54, 1.807) is 48.3 Å². The third-order valence-corrected chi connectivity index (χ3v) is 7.17. The molecule has 0 aromatic heterocycles. The summed E-state index contributed by atoms with van der Waals surface area (Å²) >= 11 is 6.09. The number of likely N-dealkylation sites (tertiary alicyclic amines) is 1. The molecule has 0 saturated carbocycles. The number of rotatable bonds is 7. The molecule has 0 bridgehead atoms. The molecule has 0 spiro atoms. The fourth-order valence-corrected chi connectivity index (χ4v) is 5.06. The first-order valence-electron chi connectivity index (χ1n) is 12.7. The maximum Gasteiger partial charge on any atom is 0.419 e. The van der Waals surface area contributed by atoms with Crippen molar-refractivity contribution in [3.05, 3.63) is 94.0 Å². The molecule has 1 saturated heterocycles. The largest absolute Gasteiger partial charge is 0.496 e. The summed E-state index contributed by atoms with van der Waals surface area (Å²) in [4.78, 5) is 30.0. The molecular formula is C30H30ClF3N2O4. The number of carbonyl (C=O) groups is 2. The Morgan fingerprint density at radius 1 is 0.975 bits per heavy atom. The molecule has 2 amide bonds. The maximum absolute atomic E-state index is 13.6. The van der Waals surface area contributed by atoms with Gasteiger partial charge in [-0.1, -0.05) is 23.7 Å². The van der Waals surface area contributed by atoms with Crippen LogP contribution in [0.2, 0.25) is 5.02 Å². The first-order valence-corrected chi connectivity index (χ1v) is 13.1. The molecule has 1 heterocycles. The number of hydrogen-bond acceptors (Lipinski definition) is 4. The minimum atomic E-state index is -4.70. The van der Waals surface area contributed by atoms with Crippen LogP contribution in [0.5, 0.6) is 11.5 Å². The average molecular weight is 575 g/mol. The topological polar surface area (TPSA) is 59.1 Å². The first-order chi connectivity index (χ1) is 18.9. The van der Waals surface area contributed by atoms with Crippen LogP contribution in [0.25, 0.3) is 0 Å². The van der Waals surface area contributed by atoms with Crippen LogP contribution >= 0.6 is 11.6 Å². The van der Waals surface area contributed by atoms with Crippen molar-refractivity contribution in [2.45, 2.75) is 38.1 Å². The quantitative estimate of drug-likeness (QED) is 0.322. The molecule has 0 radical (unpaired) electrons. The number of methoxy groups -OCH3 is 1. The summed E-state index contributed by atoms with van der Waals surface area (Å²) in [5.74, 6) is -0.830. The van der Waals surface area contributed by atoms with Crippen molar-refractivity contribution in [3.8, 4) is 11.5 Å². The van der Waals surface area contributed by atoms with Gasteiger partial charge in [-0.25, -0.2) is 0 Å². The van der Waals surface area contributed by atoms with Gasteiger partial charge >= 0.3 is 6.18 Å². The molecule has 40 heavy (non-hydrogen) atoms. The summed E-state index contributed by atoms with van der Waals surface area (Å²) in [5, 5.41) is 0.539. The highest BCUT2D eigenvalue weighted by Crippen LogP contribution is 2.38. The zero-order valence-electron chi connectivity index (χ0n) is 22.5. The van der Waals surface area contributed by atoms with Crippen LogP contribution in [0.1, 0.15) is 51.6 Å². The number of carbonyl (C=O) groups excluding carboxylic acids is 2. The van der Waals surface area contributed by atoms with E-state index in [0.717, 1.165) is 24.8 Å². The summed E-state index contributed by atoms with van der Waals surface area (Å²) in [6.07, 6.45) is -4.70. The number of hydrogen-bond donors (Lipinski definition) is 0. The third kappa shape index (κ3) is 6.36. The molecule has 212 valence electrons. The van der Waals surface area contributed by atoms with Gasteiger partial charge in [0, 0.05) is 42.2 Å². The Morgan fingerprint density at radius 3 is 2.17 bits per heavy atom. The van der Waals surface area contributed by atoms with Crippen molar-refractivity contribution in [1.82, 2.24) is 9.80 Å². The highest BCUT2D eigenvalue weighted by Gasteiger charge is 2.41. The summed E-state index contributed by atoms with van der Waals surface area (Å²) in [6.45, 7) is 4.33. The Kier molecular flexibility index (Phi) is 8.63. The van der Waals surface area contributed by atoms with Gasteiger partial charge in [-0.15, -0.1) is 0 Å². The summed E-state index contributed by atoms with van der Waals surface area (Å²) in [7, 11) is 2.68. The molecule has 1 aliphatic heterocycles. The van der Waals surface area contributed by atoms with Gasteiger partial charge in [-0.05, 0) is 74.0 Å². The number of benzene rings is 3. The predicted molar refractivity (Wildman–Crippen MR) is 146 cm³/mol. The lowest BCUT2D eigenvalue weighted by Gasteiger charge is -2.29. The fraction of sp³-hybridized carbons (Fsp3) is 0.333. The van der Waals surface area contributed by atoms with E-state index in [1.165, 1.54) is 11.0 Å². The maximum atomic E-state index is 13.6. The van der Waals surface area contributed by atoms with E-state index in [2.05, 4.69) is 0 Å². The molecule has 2 atom stereocenters. The SMILES string of the molecule is COc1ccc(C(=O)N(C)C2CN(C(=O)c3ccc(OC(C)C)cc3)CC2c2ccc(Cl)cc2)cc1C(F)(F)F. The van der Waals surface area contributed by atoms with Crippen LogP contribution in [0.3, 0.4) is 0 Å². The van der Waals surface area contributed by atoms with Crippen molar-refractivity contribution in [2.75, 3.05) is 27.2 Å². The molecular weight excluding hydrogens is 545 g/mol. The average Bonchev–Trinajstić information content (AvgIpc) is 3.37. The van der Waals surface area contributed by atoms with Gasteiger partial charge in [0.1, 0.15) is 11.5 Å². The van der Waals surface area contributed by atoms with Crippen LogP contribution in [0, 0.1) is 0 Å². The van der Waals surface area contributed by atoms with E-state index in [9.17, 15) is 22.8 Å². The van der Waals surface area contributed by atoms with E-state index in [-0.39, 0.29) is 35.8 Å². The van der Waals surface area contributed by atoms with E-state index in [0.29, 0.717) is 22.9 Å². The third-order valence-electron chi connectivity index (χ3n) is 6.92. The highest BCUT2D eigenvalue weighted by molar-refractivity contribution is 6.30. The molecule has 0 aliphatic carbocycles. The Labute approximate surface area is 236 Å². The van der Waals surface area contributed by atoms with E-state index < -0.39 is 23.7 Å². The smallest absolute Gasteiger partial charge is 0.419 e. The number of likely N-dealkylation sites (N-methyl/N-ethyl adjacent to an activating group) is 1. The molecule has 3 aromatic rings. The van der Waals surface area contributed by atoms with Crippen molar-refractivity contribution in [1.29, 1.82) is 0 Å². The van der Waals surface area contributed by atoms with E-state index in [1.807, 2.05) is 26.0 Å². The van der Waals surface area contributed by atoms with Crippen molar-refractivity contribution < 1.29 is 32.2 Å². The Morgan fingerprint density at radius 2 is 1.60 bits per heavy atom. The lowest BCUT2D eigenvalue weighted by molar-refractivity contribution is -0.138. The zero-order chi connectivity index (χ0) is 29.2. The van der Waals surface area contributed by atoms with E-state index >= 15 is 0 Å². The van der Waals surface area contributed by atoms with Gasteiger partial charge in [-0.3, -0.25) is 9.59 Å². The second-order valence-electron chi connectivity index (χ2n) is 9.96. The van der Waals surface area contributed by atoms with Gasteiger partial charge in [0.2, 0.25) is 0 Å². The van der Waals surface area contributed by atoms with Crippen molar-refractivity contribution >= 4 is 23.4 Å². The van der Waals surface area contributed by atoms with Crippen LogP contribution < -0.4 is 9.47 Å². The second-order valence-corrected chi connectivity index (χ2v) is 10.4. The molecule has 6 nitrogen and oxygen atoms in total. The Balaban J connectivity index is 1.63. The van der Waals surface area contributed by atoms with E-state index in [4.69, 9.17) is 21.1 Å². The van der Waals surface area contributed by atoms with Gasteiger partial charge in [-0.2, -0.15) is 13.2 Å². The molecule has 2 unspecified atom stereocenters. The summed E-state index contributed by atoms with van der Waals surface area (Å²) in [5.41, 5.74) is 0.161. The van der Waals surface area contributed by atoms with Gasteiger partial charge in [0.25, 0.3) is 11.8 Å². The molecule has 4 rings (SSSR count). The number of halogens is 4. The first kappa shape index (κ1) is 29.3. The van der Waals surface area contributed by atoms with Crippen molar-refractivity contribution in [2.24, 2.45) is 0 Å². The number of amides is 2. The number of ether oxygens (including phenoxy) is 2. The Hall–Kier alpha value is -3.72. The lowest BCUT2D eigenvalue weighted by atomic mass is 9.93. The monoisotopic (exact) mass is 574 g/mol. The Bertz CT molecular complexity index is 1360. The second kappa shape index (κ2) is 11.8. The summed E-state index contributed by atoms with van der Waals surface area (Å²) < 4.78 is 51.4. The lowest BCUT2D eigenvalue weighted by Crippen LogP contribution is -2.42. The standard InChI is InChI=1S/C30H30ClF3N2O4/c1-18(2)40-23-12-7-20(8-13-23)29(38)36-16-24(19-5-10-22(31)11-6-19)26(17-36)35(3)28(37)21-9-14-27(39-4)25(15-21)30(32,33)34/h5-15,18,24,26H,16-17H2,1-4H3. The molecule has 10 heteroatoms. The molecule has 1 aliphatic rings. The molecule has 3 aromatic carbocycles. The highest BCUT2D eigenvalue weighted by atomic mass is 35.5. The predicted octanol–water partition coefficient (Wildman–Crippen LogP) is 6.54. The molecule has 0 N–H and O–H groups in total.